The molecule has 2 aromatic heterocycles. The SMILES string of the molecule is O=C(O)c1cccc(Cn2nc(-c3cccnc3)ccc2=O)c1.[LiH]. The average molecular weight is 315 g/mol. The summed E-state index contributed by atoms with van der Waals surface area (Å²) >= 11 is 0. The van der Waals surface area contributed by atoms with Gasteiger partial charge >= 0.3 is 24.8 Å². The fourth-order valence-electron chi connectivity index (χ4n) is 2.21. The fraction of sp³-hybridized carbons (Fsp3) is 0.0588. The van der Waals surface area contributed by atoms with Gasteiger partial charge in [0.25, 0.3) is 5.56 Å². The Bertz CT molecular complexity index is 910. The van der Waals surface area contributed by atoms with Gasteiger partial charge in [-0.1, -0.05) is 12.1 Å². The van der Waals surface area contributed by atoms with E-state index in [2.05, 4.69) is 10.1 Å². The summed E-state index contributed by atoms with van der Waals surface area (Å²) in [4.78, 5) is 27.1. The normalized spacial score (nSPS) is 10.0. The minimum absolute atomic E-state index is 0. The van der Waals surface area contributed by atoms with Crippen molar-refractivity contribution in [3.05, 3.63) is 82.4 Å². The van der Waals surface area contributed by atoms with Crippen molar-refractivity contribution < 1.29 is 9.90 Å². The van der Waals surface area contributed by atoms with Gasteiger partial charge in [-0.05, 0) is 35.9 Å². The second kappa shape index (κ2) is 7.73. The van der Waals surface area contributed by atoms with Crippen molar-refractivity contribution in [1.29, 1.82) is 0 Å². The van der Waals surface area contributed by atoms with Crippen LogP contribution in [0.2, 0.25) is 0 Å². The van der Waals surface area contributed by atoms with Gasteiger partial charge in [0.2, 0.25) is 0 Å². The first-order valence-electron chi connectivity index (χ1n) is 6.94. The van der Waals surface area contributed by atoms with Crippen LogP contribution < -0.4 is 5.56 Å². The van der Waals surface area contributed by atoms with Gasteiger partial charge in [-0.15, -0.1) is 0 Å². The molecule has 1 N–H and O–H groups in total. The average Bonchev–Trinajstić information content (AvgIpc) is 2.58. The number of aromatic carboxylic acids is 1. The predicted molar refractivity (Wildman–Crippen MR) is 91.4 cm³/mol. The third kappa shape index (κ3) is 3.99. The van der Waals surface area contributed by atoms with Crippen molar-refractivity contribution in [3.63, 3.8) is 0 Å². The molecule has 0 radical (unpaired) electrons. The van der Waals surface area contributed by atoms with E-state index in [1.54, 1.807) is 36.7 Å². The maximum absolute atomic E-state index is 12.0. The number of carbonyl (C=O) groups is 1. The van der Waals surface area contributed by atoms with E-state index < -0.39 is 5.97 Å². The zero-order chi connectivity index (χ0) is 16.2. The molecule has 0 saturated carbocycles. The number of pyridine rings is 1. The third-order valence-corrected chi connectivity index (χ3v) is 3.33. The Labute approximate surface area is 150 Å². The van der Waals surface area contributed by atoms with Crippen LogP contribution in [-0.4, -0.2) is 44.7 Å². The predicted octanol–water partition coefficient (Wildman–Crippen LogP) is 1.40. The number of carboxylic acid groups (broad SMARTS) is 1. The van der Waals surface area contributed by atoms with Crippen LogP contribution in [0.5, 0.6) is 0 Å². The van der Waals surface area contributed by atoms with Gasteiger partial charge in [0.1, 0.15) is 0 Å². The third-order valence-electron chi connectivity index (χ3n) is 3.33. The number of benzene rings is 1. The van der Waals surface area contributed by atoms with E-state index in [9.17, 15) is 9.59 Å². The number of hydrogen-bond acceptors (Lipinski definition) is 4. The van der Waals surface area contributed by atoms with E-state index in [1.807, 2.05) is 6.07 Å². The molecule has 0 amide bonds. The molecule has 1 aromatic carbocycles. The second-order valence-corrected chi connectivity index (χ2v) is 4.96. The van der Waals surface area contributed by atoms with Crippen molar-refractivity contribution in [2.75, 3.05) is 0 Å². The molecule has 6 nitrogen and oxygen atoms in total. The van der Waals surface area contributed by atoms with Crippen LogP contribution in [-0.2, 0) is 6.54 Å². The van der Waals surface area contributed by atoms with Gasteiger partial charge in [-0.25, -0.2) is 9.48 Å². The molecular weight excluding hydrogens is 301 g/mol. The monoisotopic (exact) mass is 315 g/mol. The van der Waals surface area contributed by atoms with Gasteiger partial charge in [0, 0.05) is 24.0 Å². The molecule has 0 aliphatic rings. The van der Waals surface area contributed by atoms with Crippen LogP contribution in [0.25, 0.3) is 11.3 Å². The molecule has 0 aliphatic carbocycles. The van der Waals surface area contributed by atoms with E-state index in [-0.39, 0.29) is 36.5 Å². The molecule has 116 valence electrons. The Morgan fingerprint density at radius 1 is 1.12 bits per heavy atom. The van der Waals surface area contributed by atoms with Gasteiger partial charge in [-0.2, -0.15) is 5.10 Å². The quantitative estimate of drug-likeness (QED) is 0.736. The molecule has 0 atom stereocenters. The van der Waals surface area contributed by atoms with Crippen molar-refractivity contribution in [2.24, 2.45) is 0 Å². The van der Waals surface area contributed by atoms with Crippen LogP contribution >= 0.6 is 0 Å². The second-order valence-electron chi connectivity index (χ2n) is 4.96. The summed E-state index contributed by atoms with van der Waals surface area (Å²) in [6.07, 6.45) is 3.33. The summed E-state index contributed by atoms with van der Waals surface area (Å²) in [5.41, 5.74) is 2.06. The van der Waals surface area contributed by atoms with Crippen LogP contribution in [0.4, 0.5) is 0 Å². The Morgan fingerprint density at radius 3 is 2.67 bits per heavy atom. The van der Waals surface area contributed by atoms with Crippen molar-refractivity contribution in [3.8, 4) is 11.3 Å². The number of hydrogen-bond donors (Lipinski definition) is 1. The number of nitrogens with zero attached hydrogens (tertiary/aromatic N) is 3. The maximum atomic E-state index is 12.0. The molecule has 0 bridgehead atoms. The van der Waals surface area contributed by atoms with E-state index >= 15 is 0 Å². The molecule has 24 heavy (non-hydrogen) atoms. The number of carboxylic acids is 1. The molecule has 0 aliphatic heterocycles. The zero-order valence-corrected chi connectivity index (χ0v) is 12.1. The summed E-state index contributed by atoms with van der Waals surface area (Å²) in [6, 6.07) is 13.2. The van der Waals surface area contributed by atoms with Crippen molar-refractivity contribution in [1.82, 2.24) is 14.8 Å². The molecule has 2 heterocycles. The first-order valence-corrected chi connectivity index (χ1v) is 6.94. The Morgan fingerprint density at radius 2 is 1.96 bits per heavy atom. The molecule has 7 heteroatoms. The van der Waals surface area contributed by atoms with E-state index in [1.165, 1.54) is 22.9 Å². The van der Waals surface area contributed by atoms with Crippen LogP contribution in [0, 0.1) is 0 Å². The molecule has 0 fully saturated rings. The summed E-state index contributed by atoms with van der Waals surface area (Å²) in [5.74, 6) is -1.00. The van der Waals surface area contributed by atoms with Crippen molar-refractivity contribution in [2.45, 2.75) is 6.54 Å². The molecule has 0 spiro atoms. The Kier molecular flexibility index (Phi) is 5.69. The topological polar surface area (TPSA) is 85.1 Å². The molecule has 0 saturated heterocycles. The van der Waals surface area contributed by atoms with Crippen LogP contribution in [0.15, 0.2) is 65.7 Å². The molecule has 0 unspecified atom stereocenters. The molecule has 3 aromatic rings. The van der Waals surface area contributed by atoms with E-state index in [0.717, 1.165) is 5.56 Å². The number of rotatable bonds is 4. The van der Waals surface area contributed by atoms with Crippen molar-refractivity contribution >= 4 is 24.8 Å². The summed E-state index contributed by atoms with van der Waals surface area (Å²) < 4.78 is 1.31. The van der Waals surface area contributed by atoms with Gasteiger partial charge in [0.05, 0.1) is 17.8 Å². The van der Waals surface area contributed by atoms with Gasteiger partial charge < -0.3 is 5.11 Å². The van der Waals surface area contributed by atoms with E-state index in [0.29, 0.717) is 11.3 Å². The van der Waals surface area contributed by atoms with E-state index in [4.69, 9.17) is 5.11 Å². The van der Waals surface area contributed by atoms with Gasteiger partial charge in [0.15, 0.2) is 0 Å². The Balaban J connectivity index is 0.00000208. The van der Waals surface area contributed by atoms with Crippen LogP contribution in [0.3, 0.4) is 0 Å². The zero-order valence-electron chi connectivity index (χ0n) is 12.1. The standard InChI is InChI=1S/C17H13N3O3.Li.H/c21-16-7-6-15(14-5-2-8-18-10-14)19-20(16)11-12-3-1-4-13(9-12)17(22)23;;/h1-10H,11H2,(H,22,23);;. The molecular formula is C17H14LiN3O3. The summed E-state index contributed by atoms with van der Waals surface area (Å²) in [7, 11) is 0. The number of aromatic nitrogens is 3. The van der Waals surface area contributed by atoms with Gasteiger partial charge in [-0.3, -0.25) is 9.78 Å². The first-order chi connectivity index (χ1) is 11.1. The first kappa shape index (κ1) is 17.7. The minimum atomic E-state index is -1.00. The summed E-state index contributed by atoms with van der Waals surface area (Å²) in [6.45, 7) is 0.202. The fourth-order valence-corrected chi connectivity index (χ4v) is 2.21. The summed E-state index contributed by atoms with van der Waals surface area (Å²) in [5, 5.41) is 13.4. The molecule has 3 rings (SSSR count). The Hall–Kier alpha value is -2.68. The van der Waals surface area contributed by atoms with Crippen LogP contribution in [0.1, 0.15) is 15.9 Å².